The van der Waals surface area contributed by atoms with Crippen LogP contribution in [0.4, 0.5) is 14.5 Å². The lowest BCUT2D eigenvalue weighted by molar-refractivity contribution is -0.152. The summed E-state index contributed by atoms with van der Waals surface area (Å²) >= 11 is 0. The van der Waals surface area contributed by atoms with Gasteiger partial charge in [0.2, 0.25) is 0 Å². The molecule has 9 heteroatoms. The molecule has 1 unspecified atom stereocenters. The second-order valence-electron chi connectivity index (χ2n) is 6.63. The fourth-order valence-corrected chi connectivity index (χ4v) is 2.43. The van der Waals surface area contributed by atoms with E-state index in [9.17, 15) is 23.2 Å². The van der Waals surface area contributed by atoms with Crippen molar-refractivity contribution in [2.75, 3.05) is 18.5 Å². The minimum atomic E-state index is -1.33. The van der Waals surface area contributed by atoms with Crippen molar-refractivity contribution in [3.8, 4) is 5.75 Å². The average Bonchev–Trinajstić information content (AvgIpc) is 2.75. The number of amides is 2. The van der Waals surface area contributed by atoms with Gasteiger partial charge in [-0.25, -0.2) is 8.78 Å². The zero-order valence-corrected chi connectivity index (χ0v) is 17.2. The molecule has 1 atom stereocenters. The standard InChI is InChI=1S/C22H24F2N2O5/c1-3-4-12-30-16-10-8-15(9-11-16)22(29)25-13-19(27)31-14(2)21(28)26-20-17(23)6-5-7-18(20)24/h5-11,14H,3-4,12-13H2,1-2H3,(H,25,29)(H,26,28). The molecule has 0 spiro atoms. The molecule has 31 heavy (non-hydrogen) atoms. The number of carbonyl (C=O) groups is 3. The van der Waals surface area contributed by atoms with Gasteiger partial charge < -0.3 is 20.1 Å². The number of carbonyl (C=O) groups excluding carboxylic acids is 3. The zero-order chi connectivity index (χ0) is 22.8. The quantitative estimate of drug-likeness (QED) is 0.441. The van der Waals surface area contributed by atoms with Crippen LogP contribution in [0, 0.1) is 11.6 Å². The van der Waals surface area contributed by atoms with Gasteiger partial charge in [0.15, 0.2) is 6.10 Å². The van der Waals surface area contributed by atoms with Crippen molar-refractivity contribution in [2.24, 2.45) is 0 Å². The van der Waals surface area contributed by atoms with E-state index in [2.05, 4.69) is 12.2 Å². The molecule has 7 nitrogen and oxygen atoms in total. The van der Waals surface area contributed by atoms with Gasteiger partial charge in [0.1, 0.15) is 29.6 Å². The summed E-state index contributed by atoms with van der Waals surface area (Å²) in [5, 5.41) is 4.41. The van der Waals surface area contributed by atoms with Crippen LogP contribution < -0.4 is 15.4 Å². The highest BCUT2D eigenvalue weighted by Gasteiger charge is 2.21. The predicted octanol–water partition coefficient (Wildman–Crippen LogP) is 3.44. The van der Waals surface area contributed by atoms with Crippen LogP contribution in [0.5, 0.6) is 5.75 Å². The van der Waals surface area contributed by atoms with Crippen LogP contribution in [0.1, 0.15) is 37.0 Å². The Hall–Kier alpha value is -3.49. The Bertz CT molecular complexity index is 898. The van der Waals surface area contributed by atoms with Crippen LogP contribution >= 0.6 is 0 Å². The lowest BCUT2D eigenvalue weighted by Crippen LogP contribution is -2.36. The molecule has 0 aliphatic heterocycles. The number of rotatable bonds is 10. The number of hydrogen-bond acceptors (Lipinski definition) is 5. The number of ether oxygens (including phenoxy) is 2. The van der Waals surface area contributed by atoms with Crippen LogP contribution in [-0.2, 0) is 14.3 Å². The number of anilines is 1. The molecule has 0 heterocycles. The number of nitrogens with one attached hydrogen (secondary N) is 2. The Kier molecular flexibility index (Phi) is 8.93. The molecule has 0 aliphatic carbocycles. The van der Waals surface area contributed by atoms with Crippen molar-refractivity contribution in [1.82, 2.24) is 5.32 Å². The van der Waals surface area contributed by atoms with Crippen LogP contribution in [0.3, 0.4) is 0 Å². The number of hydrogen-bond donors (Lipinski definition) is 2. The van der Waals surface area contributed by atoms with Gasteiger partial charge in [-0.1, -0.05) is 19.4 Å². The molecule has 0 aromatic heterocycles. The molecule has 0 aliphatic rings. The summed E-state index contributed by atoms with van der Waals surface area (Å²) in [6.07, 6.45) is 0.607. The monoisotopic (exact) mass is 434 g/mol. The summed E-state index contributed by atoms with van der Waals surface area (Å²) in [6, 6.07) is 9.53. The first kappa shape index (κ1) is 23.8. The Labute approximate surface area is 178 Å². The number of unbranched alkanes of at least 4 members (excludes halogenated alkanes) is 1. The van der Waals surface area contributed by atoms with Gasteiger partial charge >= 0.3 is 5.97 Å². The van der Waals surface area contributed by atoms with Gasteiger partial charge in [-0.2, -0.15) is 0 Å². The van der Waals surface area contributed by atoms with Crippen molar-refractivity contribution >= 4 is 23.5 Å². The minimum absolute atomic E-state index is 0.316. The lowest BCUT2D eigenvalue weighted by atomic mass is 10.2. The van der Waals surface area contributed by atoms with Crippen molar-refractivity contribution in [1.29, 1.82) is 0 Å². The summed E-state index contributed by atoms with van der Waals surface area (Å²) in [5.41, 5.74) is -0.317. The number of halogens is 2. The van der Waals surface area contributed by atoms with Crippen LogP contribution in [-0.4, -0.2) is 37.0 Å². The number of benzene rings is 2. The van der Waals surface area contributed by atoms with E-state index in [1.807, 2.05) is 5.32 Å². The number of esters is 1. The SMILES string of the molecule is CCCCOc1ccc(C(=O)NCC(=O)OC(C)C(=O)Nc2c(F)cccc2F)cc1. The van der Waals surface area contributed by atoms with Gasteiger partial charge in [-0.3, -0.25) is 14.4 Å². The largest absolute Gasteiger partial charge is 0.494 e. The Morgan fingerprint density at radius 2 is 1.68 bits per heavy atom. The van der Waals surface area contributed by atoms with Crippen LogP contribution in [0.25, 0.3) is 0 Å². The first-order valence-electron chi connectivity index (χ1n) is 9.77. The van der Waals surface area contributed by atoms with Gasteiger partial charge in [0.25, 0.3) is 11.8 Å². The van der Waals surface area contributed by atoms with Gasteiger partial charge in [-0.15, -0.1) is 0 Å². The molecule has 0 saturated heterocycles. The van der Waals surface area contributed by atoms with Gasteiger partial charge in [0, 0.05) is 5.56 Å². The third kappa shape index (κ3) is 7.36. The third-order valence-electron chi connectivity index (χ3n) is 4.16. The molecule has 0 fully saturated rings. The van der Waals surface area contributed by atoms with E-state index in [-0.39, 0.29) is 0 Å². The minimum Gasteiger partial charge on any atom is -0.494 e. The summed E-state index contributed by atoms with van der Waals surface area (Å²) in [7, 11) is 0. The average molecular weight is 434 g/mol. The zero-order valence-electron chi connectivity index (χ0n) is 17.2. The molecule has 0 saturated carbocycles. The van der Waals surface area contributed by atoms with E-state index in [0.717, 1.165) is 31.0 Å². The molecule has 2 amide bonds. The predicted molar refractivity (Wildman–Crippen MR) is 110 cm³/mol. The van der Waals surface area contributed by atoms with Crippen molar-refractivity contribution in [2.45, 2.75) is 32.8 Å². The summed E-state index contributed by atoms with van der Waals surface area (Å²) in [5.74, 6) is -3.59. The van der Waals surface area contributed by atoms with E-state index in [1.54, 1.807) is 24.3 Å². The van der Waals surface area contributed by atoms with E-state index < -0.39 is 47.8 Å². The third-order valence-corrected chi connectivity index (χ3v) is 4.16. The van der Waals surface area contributed by atoms with E-state index >= 15 is 0 Å². The molecular formula is C22H24F2N2O5. The van der Waals surface area contributed by atoms with Crippen molar-refractivity contribution in [3.05, 3.63) is 59.7 Å². The molecular weight excluding hydrogens is 410 g/mol. The molecule has 0 bridgehead atoms. The Morgan fingerprint density at radius 1 is 1.03 bits per heavy atom. The van der Waals surface area contributed by atoms with E-state index in [0.29, 0.717) is 17.9 Å². The molecule has 2 aromatic carbocycles. The van der Waals surface area contributed by atoms with Crippen LogP contribution in [0.15, 0.2) is 42.5 Å². The number of para-hydroxylation sites is 1. The van der Waals surface area contributed by atoms with E-state index in [4.69, 9.17) is 9.47 Å². The Morgan fingerprint density at radius 3 is 2.29 bits per heavy atom. The maximum absolute atomic E-state index is 13.6. The van der Waals surface area contributed by atoms with Gasteiger partial charge in [0.05, 0.1) is 6.61 Å². The lowest BCUT2D eigenvalue weighted by Gasteiger charge is -2.14. The highest BCUT2D eigenvalue weighted by atomic mass is 19.1. The van der Waals surface area contributed by atoms with Crippen LogP contribution in [0.2, 0.25) is 0 Å². The first-order chi connectivity index (χ1) is 14.8. The maximum Gasteiger partial charge on any atom is 0.326 e. The second-order valence-corrected chi connectivity index (χ2v) is 6.63. The highest BCUT2D eigenvalue weighted by Crippen LogP contribution is 2.18. The fraction of sp³-hybridized carbons (Fsp3) is 0.318. The summed E-state index contributed by atoms with van der Waals surface area (Å²) in [6.45, 7) is 3.39. The molecule has 2 rings (SSSR count). The maximum atomic E-state index is 13.6. The second kappa shape index (κ2) is 11.6. The molecule has 0 radical (unpaired) electrons. The van der Waals surface area contributed by atoms with E-state index in [1.165, 1.54) is 6.92 Å². The summed E-state index contributed by atoms with van der Waals surface area (Å²) < 4.78 is 37.6. The van der Waals surface area contributed by atoms with Gasteiger partial charge in [-0.05, 0) is 49.7 Å². The highest BCUT2D eigenvalue weighted by molar-refractivity contribution is 5.97. The Balaban J connectivity index is 1.80. The normalized spacial score (nSPS) is 11.4. The molecule has 2 aromatic rings. The fourth-order valence-electron chi connectivity index (χ4n) is 2.43. The molecule has 2 N–H and O–H groups in total. The smallest absolute Gasteiger partial charge is 0.326 e. The summed E-state index contributed by atoms with van der Waals surface area (Å²) in [4.78, 5) is 36.0. The topological polar surface area (TPSA) is 93.7 Å². The first-order valence-corrected chi connectivity index (χ1v) is 9.77. The molecule has 166 valence electrons. The van der Waals surface area contributed by atoms with Crippen molar-refractivity contribution in [3.63, 3.8) is 0 Å². The van der Waals surface area contributed by atoms with Crippen molar-refractivity contribution < 1.29 is 32.6 Å².